The van der Waals surface area contributed by atoms with Crippen LogP contribution in [0, 0.1) is 23.7 Å². The molecule has 10 heteroatoms. The van der Waals surface area contributed by atoms with Crippen molar-refractivity contribution in [2.45, 2.75) is 107 Å². The van der Waals surface area contributed by atoms with Gasteiger partial charge in [-0.2, -0.15) is 0 Å². The van der Waals surface area contributed by atoms with Crippen LogP contribution < -0.4 is 0 Å². The van der Waals surface area contributed by atoms with Gasteiger partial charge < -0.3 is 18.3 Å². The van der Waals surface area contributed by atoms with E-state index in [1.54, 1.807) is 0 Å². The molecule has 0 spiro atoms. The maximum absolute atomic E-state index is 5.12. The highest BCUT2D eigenvalue weighted by Crippen LogP contribution is 2.32. The highest BCUT2D eigenvalue weighted by Gasteiger charge is 2.21. The van der Waals surface area contributed by atoms with Crippen molar-refractivity contribution in [3.63, 3.8) is 0 Å². The van der Waals surface area contributed by atoms with Crippen LogP contribution in [0.3, 0.4) is 0 Å². The molecule has 0 aliphatic carbocycles. The van der Waals surface area contributed by atoms with Crippen LogP contribution in [0.25, 0.3) is 90.2 Å². The SMILES string of the molecule is CC[C@H](C)Cn1c(-c2cccc(-c3nc4ccccc4n3C[C@@H](C)CC)n2)nc2ccccc21.CC[C@H](C)Cn1c(-c2cccc(-c3nc4ccccc4n3C[C@@H](C)CC)n2)nc2ccccc21. The average Bonchev–Trinajstić information content (AvgIpc) is 4.15. The Balaban J connectivity index is 0.000000170. The van der Waals surface area contributed by atoms with Crippen molar-refractivity contribution < 1.29 is 0 Å². The lowest BCUT2D eigenvalue weighted by molar-refractivity contribution is 0.478. The largest absolute Gasteiger partial charge is 0.322 e. The van der Waals surface area contributed by atoms with E-state index in [4.69, 9.17) is 29.9 Å². The Hall–Kier alpha value is -6.94. The van der Waals surface area contributed by atoms with E-state index >= 15 is 0 Å². The number of pyridine rings is 2. The second kappa shape index (κ2) is 20.5. The molecule has 0 fully saturated rings. The molecule has 0 unspecified atom stereocenters. The number of hydrogen-bond donors (Lipinski definition) is 0. The van der Waals surface area contributed by atoms with Crippen LogP contribution in [0.4, 0.5) is 0 Å². The summed E-state index contributed by atoms with van der Waals surface area (Å²) in [5.74, 6) is 5.92. The van der Waals surface area contributed by atoms with E-state index in [0.29, 0.717) is 23.7 Å². The molecule has 0 saturated heterocycles. The van der Waals surface area contributed by atoms with Crippen molar-refractivity contribution in [2.75, 3.05) is 0 Å². The molecule has 0 bridgehead atoms. The minimum atomic E-state index is 0.555. The monoisotopic (exact) mass is 903 g/mol. The summed E-state index contributed by atoms with van der Waals surface area (Å²) < 4.78 is 9.32. The number of para-hydroxylation sites is 8. The fourth-order valence-electron chi connectivity index (χ4n) is 8.95. The topological polar surface area (TPSA) is 97.1 Å². The van der Waals surface area contributed by atoms with Crippen molar-refractivity contribution in [3.05, 3.63) is 133 Å². The Morgan fingerprint density at radius 1 is 0.294 bits per heavy atom. The van der Waals surface area contributed by atoms with Gasteiger partial charge in [0, 0.05) is 26.2 Å². The molecule has 0 amide bonds. The van der Waals surface area contributed by atoms with Crippen LogP contribution in [-0.4, -0.2) is 48.2 Å². The molecule has 0 aliphatic rings. The lowest BCUT2D eigenvalue weighted by Gasteiger charge is -2.15. The van der Waals surface area contributed by atoms with Crippen LogP contribution in [0.2, 0.25) is 0 Å². The lowest BCUT2D eigenvalue weighted by atomic mass is 10.1. The predicted octanol–water partition coefficient (Wildman–Crippen LogP) is 14.4. The molecule has 68 heavy (non-hydrogen) atoms. The normalized spacial score (nSPS) is 13.5. The van der Waals surface area contributed by atoms with E-state index < -0.39 is 0 Å². The molecule has 0 aliphatic heterocycles. The molecule has 0 N–H and O–H groups in total. The van der Waals surface area contributed by atoms with Crippen molar-refractivity contribution in [1.82, 2.24) is 48.2 Å². The third-order valence-electron chi connectivity index (χ3n) is 13.8. The average molecular weight is 903 g/mol. The minimum Gasteiger partial charge on any atom is -0.322 e. The summed E-state index contributed by atoms with van der Waals surface area (Å²) in [5.41, 5.74) is 12.2. The molecular formula is C58H66N10. The van der Waals surface area contributed by atoms with Crippen molar-refractivity contribution in [2.24, 2.45) is 23.7 Å². The quantitative estimate of drug-likeness (QED) is 0.0958. The molecular weight excluding hydrogens is 837 g/mol. The van der Waals surface area contributed by atoms with E-state index in [2.05, 4.69) is 183 Å². The molecule has 10 aromatic rings. The van der Waals surface area contributed by atoms with Gasteiger partial charge in [0.2, 0.25) is 0 Å². The Labute approximate surface area is 401 Å². The molecule has 0 saturated carbocycles. The van der Waals surface area contributed by atoms with Gasteiger partial charge in [-0.3, -0.25) is 0 Å². The Morgan fingerprint density at radius 3 is 0.735 bits per heavy atom. The van der Waals surface area contributed by atoms with Gasteiger partial charge in [-0.1, -0.05) is 142 Å². The summed E-state index contributed by atoms with van der Waals surface area (Å²) in [6, 6.07) is 45.9. The van der Waals surface area contributed by atoms with Gasteiger partial charge in [0.1, 0.15) is 22.8 Å². The van der Waals surface area contributed by atoms with E-state index in [1.807, 2.05) is 24.3 Å². The molecule has 4 atom stereocenters. The van der Waals surface area contributed by atoms with Gasteiger partial charge in [0.05, 0.1) is 44.1 Å². The third kappa shape index (κ3) is 9.46. The molecule has 10 rings (SSSR count). The number of rotatable bonds is 16. The minimum absolute atomic E-state index is 0.555. The zero-order chi connectivity index (χ0) is 47.3. The first-order chi connectivity index (χ1) is 33.2. The highest BCUT2D eigenvalue weighted by molar-refractivity contribution is 5.84. The Morgan fingerprint density at radius 2 is 0.515 bits per heavy atom. The zero-order valence-corrected chi connectivity index (χ0v) is 41.1. The number of aromatic nitrogens is 10. The highest BCUT2D eigenvalue weighted by atomic mass is 15.1. The van der Waals surface area contributed by atoms with E-state index in [1.165, 1.54) is 0 Å². The Bertz CT molecular complexity index is 2860. The van der Waals surface area contributed by atoms with Gasteiger partial charge in [0.15, 0.2) is 23.3 Å². The molecule has 10 nitrogen and oxygen atoms in total. The summed E-state index contributed by atoms with van der Waals surface area (Å²) in [6.07, 6.45) is 4.50. The third-order valence-corrected chi connectivity index (χ3v) is 13.8. The number of benzene rings is 4. The summed E-state index contributed by atoms with van der Waals surface area (Å²) in [7, 11) is 0. The fraction of sp³-hybridized carbons (Fsp3) is 0.345. The molecule has 4 aromatic carbocycles. The molecule has 6 heterocycles. The van der Waals surface area contributed by atoms with Crippen LogP contribution in [0.15, 0.2) is 133 Å². The summed E-state index contributed by atoms with van der Waals surface area (Å²) in [6.45, 7) is 21.8. The van der Waals surface area contributed by atoms with E-state index in [-0.39, 0.29) is 0 Å². The first-order valence-electron chi connectivity index (χ1n) is 24.9. The second-order valence-electron chi connectivity index (χ2n) is 19.0. The van der Waals surface area contributed by atoms with Gasteiger partial charge in [-0.15, -0.1) is 0 Å². The smallest absolute Gasteiger partial charge is 0.159 e. The number of fused-ring (bicyclic) bond motifs is 4. The first kappa shape index (κ1) is 46.2. The number of imidazole rings is 4. The van der Waals surface area contributed by atoms with E-state index in [9.17, 15) is 0 Å². The van der Waals surface area contributed by atoms with Crippen LogP contribution in [-0.2, 0) is 26.2 Å². The van der Waals surface area contributed by atoms with Crippen molar-refractivity contribution >= 4 is 44.1 Å². The molecule has 0 radical (unpaired) electrons. The van der Waals surface area contributed by atoms with Gasteiger partial charge in [0.25, 0.3) is 0 Å². The van der Waals surface area contributed by atoms with Gasteiger partial charge >= 0.3 is 0 Å². The fourth-order valence-corrected chi connectivity index (χ4v) is 8.95. The van der Waals surface area contributed by atoms with Crippen LogP contribution in [0.5, 0.6) is 0 Å². The summed E-state index contributed by atoms with van der Waals surface area (Å²) in [5, 5.41) is 0. The second-order valence-corrected chi connectivity index (χ2v) is 19.0. The van der Waals surface area contributed by atoms with Gasteiger partial charge in [-0.05, 0) is 96.5 Å². The molecule has 6 aromatic heterocycles. The summed E-state index contributed by atoms with van der Waals surface area (Å²) in [4.78, 5) is 30.3. The zero-order valence-electron chi connectivity index (χ0n) is 41.1. The van der Waals surface area contributed by atoms with E-state index in [0.717, 1.165) is 142 Å². The van der Waals surface area contributed by atoms with Crippen LogP contribution in [0.1, 0.15) is 81.1 Å². The number of hydrogen-bond acceptors (Lipinski definition) is 6. The summed E-state index contributed by atoms with van der Waals surface area (Å²) >= 11 is 0. The number of nitrogens with zero attached hydrogens (tertiary/aromatic N) is 10. The predicted molar refractivity (Wildman–Crippen MR) is 281 cm³/mol. The molecule has 348 valence electrons. The van der Waals surface area contributed by atoms with Crippen LogP contribution >= 0.6 is 0 Å². The van der Waals surface area contributed by atoms with Crippen molar-refractivity contribution in [3.8, 4) is 46.1 Å². The lowest BCUT2D eigenvalue weighted by Crippen LogP contribution is -2.10. The first-order valence-corrected chi connectivity index (χ1v) is 24.9. The standard InChI is InChI=1S/2C29H33N5/c2*1-5-20(3)18-33-26-16-9-7-12-22(26)31-28(33)24-14-11-15-25(30-24)29-32-23-13-8-10-17-27(23)34(29)19-21(4)6-2/h2*7-17,20-21H,5-6,18-19H2,1-4H3/t2*20-,21-/m00/s1. The maximum Gasteiger partial charge on any atom is 0.159 e. The Kier molecular flexibility index (Phi) is 13.9. The van der Waals surface area contributed by atoms with Crippen molar-refractivity contribution in [1.29, 1.82) is 0 Å². The maximum atomic E-state index is 5.12. The van der Waals surface area contributed by atoms with Gasteiger partial charge in [-0.25, -0.2) is 29.9 Å².